The normalized spacial score (nSPS) is 10.6. The number of hydrogen-bond donors (Lipinski definition) is 4. The maximum atomic E-state index is 13.9. The van der Waals surface area contributed by atoms with Gasteiger partial charge in [-0.1, -0.05) is 35.3 Å². The number of amides is 1. The molecular weight excluding hydrogens is 380 g/mol. The third kappa shape index (κ3) is 3.89. The highest BCUT2D eigenvalue weighted by Gasteiger charge is 2.19. The van der Waals surface area contributed by atoms with Crippen LogP contribution in [0.15, 0.2) is 42.5 Å². The molecule has 1 aromatic heterocycles. The Hall–Kier alpha value is -2.77. The zero-order chi connectivity index (χ0) is 18.7. The first-order chi connectivity index (χ1) is 12.5. The first-order valence-electron chi connectivity index (χ1n) is 7.53. The Morgan fingerprint density at radius 3 is 2.69 bits per heavy atom. The third-order valence-corrected chi connectivity index (χ3v) is 4.19. The average molecular weight is 394 g/mol. The van der Waals surface area contributed by atoms with Gasteiger partial charge in [0.2, 0.25) is 0 Å². The van der Waals surface area contributed by atoms with Gasteiger partial charge >= 0.3 is 0 Å². The minimum atomic E-state index is -0.703. The molecule has 134 valence electrons. The molecule has 0 fully saturated rings. The Bertz CT molecular complexity index is 940. The van der Waals surface area contributed by atoms with E-state index in [1.54, 1.807) is 30.3 Å². The van der Waals surface area contributed by atoms with Crippen LogP contribution in [0.1, 0.15) is 15.9 Å². The van der Waals surface area contributed by atoms with E-state index in [1.807, 2.05) is 0 Å². The van der Waals surface area contributed by atoms with E-state index in [9.17, 15) is 9.18 Å². The molecule has 0 aliphatic heterocycles. The van der Waals surface area contributed by atoms with Crippen molar-refractivity contribution in [2.75, 3.05) is 10.6 Å². The number of halogens is 3. The Kier molecular flexibility index (Phi) is 5.29. The molecule has 0 bridgehead atoms. The zero-order valence-corrected chi connectivity index (χ0v) is 14.8. The number of hydrogen-bond acceptors (Lipinski definition) is 4. The number of carbonyl (C=O) groups is 1. The van der Waals surface area contributed by atoms with Crippen LogP contribution >= 0.6 is 23.2 Å². The van der Waals surface area contributed by atoms with Crippen LogP contribution in [-0.4, -0.2) is 16.1 Å². The van der Waals surface area contributed by atoms with Gasteiger partial charge in [0.05, 0.1) is 0 Å². The molecule has 0 aliphatic carbocycles. The number of primary amides is 1. The SMILES string of the molecule is NC(=O)c1c(Nc2cccc(Cl)c2)n[nH]c1NCc1c(F)cccc1Cl. The van der Waals surface area contributed by atoms with Gasteiger partial charge in [0, 0.05) is 27.8 Å². The van der Waals surface area contributed by atoms with Crippen LogP contribution in [0.3, 0.4) is 0 Å². The minimum absolute atomic E-state index is 0.0462. The van der Waals surface area contributed by atoms with E-state index in [0.717, 1.165) is 0 Å². The molecule has 3 rings (SSSR count). The van der Waals surface area contributed by atoms with E-state index in [1.165, 1.54) is 12.1 Å². The lowest BCUT2D eigenvalue weighted by molar-refractivity contribution is 0.100. The first kappa shape index (κ1) is 18.0. The van der Waals surface area contributed by atoms with Crippen molar-refractivity contribution in [3.8, 4) is 0 Å². The fourth-order valence-electron chi connectivity index (χ4n) is 2.38. The van der Waals surface area contributed by atoms with Crippen molar-refractivity contribution in [1.82, 2.24) is 10.2 Å². The number of rotatable bonds is 6. The van der Waals surface area contributed by atoms with E-state index in [-0.39, 0.29) is 34.3 Å². The lowest BCUT2D eigenvalue weighted by atomic mass is 10.2. The summed E-state index contributed by atoms with van der Waals surface area (Å²) in [6.45, 7) is 0.0462. The topological polar surface area (TPSA) is 95.8 Å². The number of H-pyrrole nitrogens is 1. The zero-order valence-electron chi connectivity index (χ0n) is 13.3. The third-order valence-electron chi connectivity index (χ3n) is 3.60. The van der Waals surface area contributed by atoms with Gasteiger partial charge in [-0.15, -0.1) is 0 Å². The quantitative estimate of drug-likeness (QED) is 0.501. The van der Waals surface area contributed by atoms with Gasteiger partial charge in [0.1, 0.15) is 17.2 Å². The van der Waals surface area contributed by atoms with E-state index in [2.05, 4.69) is 20.8 Å². The fraction of sp³-hybridized carbons (Fsp3) is 0.0588. The van der Waals surface area contributed by atoms with Crippen molar-refractivity contribution in [1.29, 1.82) is 0 Å². The summed E-state index contributed by atoms with van der Waals surface area (Å²) in [7, 11) is 0. The summed E-state index contributed by atoms with van der Waals surface area (Å²) >= 11 is 11.9. The summed E-state index contributed by atoms with van der Waals surface area (Å²) in [5.41, 5.74) is 6.48. The van der Waals surface area contributed by atoms with Crippen LogP contribution in [0.4, 0.5) is 21.7 Å². The molecule has 0 aliphatic rings. The largest absolute Gasteiger partial charge is 0.365 e. The number of benzene rings is 2. The van der Waals surface area contributed by atoms with Crippen molar-refractivity contribution in [3.05, 3.63) is 69.5 Å². The second kappa shape index (κ2) is 7.63. The van der Waals surface area contributed by atoms with Crippen molar-refractivity contribution in [3.63, 3.8) is 0 Å². The minimum Gasteiger partial charge on any atom is -0.365 e. The molecule has 0 radical (unpaired) electrons. The lowest BCUT2D eigenvalue weighted by Crippen LogP contribution is -2.15. The van der Waals surface area contributed by atoms with Crippen molar-refractivity contribution in [2.45, 2.75) is 6.54 Å². The second-order valence-electron chi connectivity index (χ2n) is 5.38. The predicted molar refractivity (Wildman–Crippen MR) is 101 cm³/mol. The Balaban J connectivity index is 1.84. The van der Waals surface area contributed by atoms with Crippen LogP contribution in [0.25, 0.3) is 0 Å². The first-order valence-corrected chi connectivity index (χ1v) is 8.29. The van der Waals surface area contributed by atoms with Gasteiger partial charge in [0.25, 0.3) is 5.91 Å². The van der Waals surface area contributed by atoms with Crippen molar-refractivity contribution in [2.24, 2.45) is 5.73 Å². The summed E-state index contributed by atoms with van der Waals surface area (Å²) < 4.78 is 13.9. The van der Waals surface area contributed by atoms with Crippen molar-refractivity contribution < 1.29 is 9.18 Å². The molecule has 9 heteroatoms. The van der Waals surface area contributed by atoms with E-state index < -0.39 is 11.7 Å². The summed E-state index contributed by atoms with van der Waals surface area (Å²) in [5, 5.41) is 13.4. The van der Waals surface area contributed by atoms with Gasteiger partial charge in [-0.3, -0.25) is 9.89 Å². The van der Waals surface area contributed by atoms with Gasteiger partial charge in [-0.2, -0.15) is 5.10 Å². The molecule has 3 aromatic rings. The smallest absolute Gasteiger partial charge is 0.256 e. The summed E-state index contributed by atoms with van der Waals surface area (Å²) in [6, 6.07) is 11.3. The monoisotopic (exact) mass is 393 g/mol. The standard InChI is InChI=1S/C17H14Cl2FN5O/c18-9-3-1-4-10(7-9)23-17-14(15(21)26)16(24-25-17)22-8-11-12(19)5-2-6-13(11)20/h1-7H,8H2,(H2,21,26)(H3,22,23,24,25). The van der Waals surface area contributed by atoms with Gasteiger partial charge in [-0.05, 0) is 30.3 Å². The van der Waals surface area contributed by atoms with Crippen LogP contribution in [0.2, 0.25) is 10.0 Å². The molecule has 0 unspecified atom stereocenters. The van der Waals surface area contributed by atoms with Crippen LogP contribution in [0.5, 0.6) is 0 Å². The molecule has 2 aromatic carbocycles. The molecule has 26 heavy (non-hydrogen) atoms. The summed E-state index contributed by atoms with van der Waals surface area (Å²) in [5.74, 6) is -0.684. The Morgan fingerprint density at radius 2 is 2.00 bits per heavy atom. The number of aromatic amines is 1. The summed E-state index contributed by atoms with van der Waals surface area (Å²) in [6.07, 6.45) is 0. The van der Waals surface area contributed by atoms with E-state index >= 15 is 0 Å². The van der Waals surface area contributed by atoms with E-state index in [4.69, 9.17) is 28.9 Å². The number of nitrogens with one attached hydrogen (secondary N) is 3. The van der Waals surface area contributed by atoms with Crippen LogP contribution in [-0.2, 0) is 6.54 Å². The fourth-order valence-corrected chi connectivity index (χ4v) is 2.80. The number of nitrogens with zero attached hydrogens (tertiary/aromatic N) is 1. The van der Waals surface area contributed by atoms with E-state index in [0.29, 0.717) is 10.7 Å². The molecule has 0 saturated carbocycles. The molecule has 1 heterocycles. The molecule has 0 saturated heterocycles. The Morgan fingerprint density at radius 1 is 1.23 bits per heavy atom. The van der Waals surface area contributed by atoms with Crippen molar-refractivity contribution >= 4 is 46.4 Å². The van der Waals surface area contributed by atoms with Gasteiger partial charge in [0.15, 0.2) is 5.82 Å². The van der Waals surface area contributed by atoms with Crippen LogP contribution < -0.4 is 16.4 Å². The number of anilines is 3. The molecule has 0 atom stereocenters. The van der Waals surface area contributed by atoms with Gasteiger partial charge < -0.3 is 16.4 Å². The van der Waals surface area contributed by atoms with Gasteiger partial charge in [-0.25, -0.2) is 4.39 Å². The molecular formula is C17H14Cl2FN5O. The number of aromatic nitrogens is 2. The molecule has 5 N–H and O–H groups in total. The number of carbonyl (C=O) groups excluding carboxylic acids is 1. The highest BCUT2D eigenvalue weighted by atomic mass is 35.5. The number of nitrogens with two attached hydrogens (primary N) is 1. The maximum Gasteiger partial charge on any atom is 0.256 e. The molecule has 0 spiro atoms. The summed E-state index contributed by atoms with van der Waals surface area (Å²) in [4.78, 5) is 11.9. The maximum absolute atomic E-state index is 13.9. The lowest BCUT2D eigenvalue weighted by Gasteiger charge is -2.09. The second-order valence-corrected chi connectivity index (χ2v) is 6.22. The van der Waals surface area contributed by atoms with Crippen LogP contribution in [0, 0.1) is 5.82 Å². The predicted octanol–water partition coefficient (Wildman–Crippen LogP) is 4.31. The highest BCUT2D eigenvalue weighted by molar-refractivity contribution is 6.31. The molecule has 6 nitrogen and oxygen atoms in total. The average Bonchev–Trinajstić information content (AvgIpc) is 2.97. The molecule has 1 amide bonds. The Labute approximate surface area is 158 Å². The highest BCUT2D eigenvalue weighted by Crippen LogP contribution is 2.27.